The number of hydrogen-bond donors (Lipinski definition) is 1. The second kappa shape index (κ2) is 6.44. The van der Waals surface area contributed by atoms with Crippen LogP contribution in [0, 0.1) is 0 Å². The minimum atomic E-state index is 0.0466. The molecule has 6 nitrogen and oxygen atoms in total. The molecular weight excluding hydrogens is 230 g/mol. The Morgan fingerprint density at radius 3 is 2.50 bits per heavy atom. The molecule has 0 amide bonds. The molecule has 0 bridgehead atoms. The van der Waals surface area contributed by atoms with Gasteiger partial charge in [-0.1, -0.05) is 13.8 Å². The Balaban J connectivity index is 2.42. The maximum Gasteiger partial charge on any atom is 0.322 e. The van der Waals surface area contributed by atoms with Crippen molar-refractivity contribution < 1.29 is 4.74 Å². The summed E-state index contributed by atoms with van der Waals surface area (Å²) in [5, 5.41) is 0.0466. The molecule has 2 N–H and O–H groups in total. The van der Waals surface area contributed by atoms with Crippen molar-refractivity contribution in [1.82, 2.24) is 19.9 Å². The van der Waals surface area contributed by atoms with Crippen LogP contribution in [0.4, 0.5) is 5.95 Å². The molecule has 7 heteroatoms. The van der Waals surface area contributed by atoms with Crippen molar-refractivity contribution in [3.05, 3.63) is 5.28 Å². The van der Waals surface area contributed by atoms with E-state index in [2.05, 4.69) is 33.7 Å². The van der Waals surface area contributed by atoms with Gasteiger partial charge in [0.05, 0.1) is 0 Å². The lowest BCUT2D eigenvalue weighted by molar-refractivity contribution is 0.212. The van der Waals surface area contributed by atoms with Crippen LogP contribution in [0.5, 0.6) is 6.01 Å². The van der Waals surface area contributed by atoms with Crippen LogP contribution in [0.3, 0.4) is 0 Å². The van der Waals surface area contributed by atoms with Gasteiger partial charge in [-0.2, -0.15) is 15.0 Å². The molecule has 1 aromatic heterocycles. The highest BCUT2D eigenvalue weighted by Crippen LogP contribution is 2.08. The van der Waals surface area contributed by atoms with Crippen LogP contribution < -0.4 is 10.5 Å². The summed E-state index contributed by atoms with van der Waals surface area (Å²) in [7, 11) is 0. The first-order chi connectivity index (χ1) is 7.65. The molecule has 0 fully saturated rings. The zero-order valence-electron chi connectivity index (χ0n) is 9.48. The Morgan fingerprint density at radius 2 is 1.94 bits per heavy atom. The van der Waals surface area contributed by atoms with E-state index in [1.165, 1.54) is 0 Å². The second-order valence-corrected chi connectivity index (χ2v) is 3.46. The van der Waals surface area contributed by atoms with Crippen molar-refractivity contribution in [2.75, 3.05) is 32.0 Å². The van der Waals surface area contributed by atoms with E-state index >= 15 is 0 Å². The number of hydrogen-bond acceptors (Lipinski definition) is 6. The van der Waals surface area contributed by atoms with E-state index < -0.39 is 0 Å². The summed E-state index contributed by atoms with van der Waals surface area (Å²) < 4.78 is 5.33. The minimum Gasteiger partial charge on any atom is -0.462 e. The van der Waals surface area contributed by atoms with E-state index in [0.29, 0.717) is 6.61 Å². The molecule has 90 valence electrons. The highest BCUT2D eigenvalue weighted by molar-refractivity contribution is 6.28. The number of rotatable bonds is 6. The van der Waals surface area contributed by atoms with E-state index in [1.54, 1.807) is 0 Å². The Bertz CT molecular complexity index is 311. The lowest BCUT2D eigenvalue weighted by atomic mass is 10.5. The van der Waals surface area contributed by atoms with Gasteiger partial charge in [0, 0.05) is 6.54 Å². The number of halogens is 1. The first-order valence-corrected chi connectivity index (χ1v) is 5.55. The van der Waals surface area contributed by atoms with Crippen molar-refractivity contribution >= 4 is 17.5 Å². The summed E-state index contributed by atoms with van der Waals surface area (Å²) in [6, 6.07) is 0.171. The number of aromatic nitrogens is 3. The molecular formula is C9H16ClN5O. The SMILES string of the molecule is CCN(CC)CCOc1nc(N)nc(Cl)n1. The predicted octanol–water partition coefficient (Wildman–Crippen LogP) is 0.828. The molecule has 0 aliphatic rings. The number of ether oxygens (including phenoxy) is 1. The van der Waals surface area contributed by atoms with Crippen molar-refractivity contribution in [2.24, 2.45) is 0 Å². The van der Waals surface area contributed by atoms with Crippen molar-refractivity contribution in [3.8, 4) is 6.01 Å². The van der Waals surface area contributed by atoms with Crippen LogP contribution in [0.15, 0.2) is 0 Å². The molecule has 0 radical (unpaired) electrons. The Labute approximate surface area is 99.8 Å². The molecule has 1 heterocycles. The fraction of sp³-hybridized carbons (Fsp3) is 0.667. The summed E-state index contributed by atoms with van der Waals surface area (Å²) in [5.41, 5.74) is 5.41. The van der Waals surface area contributed by atoms with Gasteiger partial charge in [-0.25, -0.2) is 0 Å². The molecule has 0 saturated heterocycles. The van der Waals surface area contributed by atoms with Crippen LogP contribution >= 0.6 is 11.6 Å². The monoisotopic (exact) mass is 245 g/mol. The third-order valence-electron chi connectivity index (χ3n) is 2.14. The summed E-state index contributed by atoms with van der Waals surface area (Å²) in [5.74, 6) is 0.0674. The van der Waals surface area contributed by atoms with E-state index in [1.807, 2.05) is 0 Å². The van der Waals surface area contributed by atoms with Crippen LogP contribution in [0.2, 0.25) is 5.28 Å². The van der Waals surface area contributed by atoms with Gasteiger partial charge in [0.2, 0.25) is 11.2 Å². The average Bonchev–Trinajstić information content (AvgIpc) is 2.23. The Kier molecular flexibility index (Phi) is 5.21. The second-order valence-electron chi connectivity index (χ2n) is 3.12. The van der Waals surface area contributed by atoms with Gasteiger partial charge in [-0.05, 0) is 24.7 Å². The fourth-order valence-corrected chi connectivity index (χ4v) is 1.38. The lowest BCUT2D eigenvalue weighted by Gasteiger charge is -2.17. The van der Waals surface area contributed by atoms with E-state index in [4.69, 9.17) is 22.1 Å². The van der Waals surface area contributed by atoms with Gasteiger partial charge in [-0.3, -0.25) is 0 Å². The first-order valence-electron chi connectivity index (χ1n) is 5.17. The van der Waals surface area contributed by atoms with E-state index in [-0.39, 0.29) is 17.2 Å². The van der Waals surface area contributed by atoms with Crippen LogP contribution in [-0.2, 0) is 0 Å². The number of likely N-dealkylation sites (N-methyl/N-ethyl adjacent to an activating group) is 1. The van der Waals surface area contributed by atoms with Crippen molar-refractivity contribution in [1.29, 1.82) is 0 Å². The average molecular weight is 246 g/mol. The molecule has 0 unspecified atom stereocenters. The molecule has 1 aromatic rings. The quantitative estimate of drug-likeness (QED) is 0.800. The zero-order chi connectivity index (χ0) is 12.0. The zero-order valence-corrected chi connectivity index (χ0v) is 10.2. The van der Waals surface area contributed by atoms with Gasteiger partial charge in [0.15, 0.2) is 0 Å². The highest BCUT2D eigenvalue weighted by Gasteiger charge is 2.04. The molecule has 0 aliphatic heterocycles. The minimum absolute atomic E-state index is 0.0466. The molecule has 0 aliphatic carbocycles. The van der Waals surface area contributed by atoms with Crippen LogP contribution in [0.25, 0.3) is 0 Å². The van der Waals surface area contributed by atoms with E-state index in [9.17, 15) is 0 Å². The van der Waals surface area contributed by atoms with Crippen LogP contribution in [0.1, 0.15) is 13.8 Å². The molecule has 0 spiro atoms. The smallest absolute Gasteiger partial charge is 0.322 e. The highest BCUT2D eigenvalue weighted by atomic mass is 35.5. The number of nitrogens with zero attached hydrogens (tertiary/aromatic N) is 4. The van der Waals surface area contributed by atoms with E-state index in [0.717, 1.165) is 19.6 Å². The van der Waals surface area contributed by atoms with Gasteiger partial charge in [0.1, 0.15) is 6.61 Å². The van der Waals surface area contributed by atoms with Gasteiger partial charge in [-0.15, -0.1) is 0 Å². The Morgan fingerprint density at radius 1 is 1.25 bits per heavy atom. The predicted molar refractivity (Wildman–Crippen MR) is 62.5 cm³/mol. The largest absolute Gasteiger partial charge is 0.462 e. The molecule has 0 aromatic carbocycles. The summed E-state index contributed by atoms with van der Waals surface area (Å²) in [6.45, 7) is 7.49. The van der Waals surface area contributed by atoms with Gasteiger partial charge in [0.25, 0.3) is 0 Å². The van der Waals surface area contributed by atoms with Crippen molar-refractivity contribution in [2.45, 2.75) is 13.8 Å². The fourth-order valence-electron chi connectivity index (χ4n) is 1.22. The summed E-state index contributed by atoms with van der Waals surface area (Å²) >= 11 is 5.61. The molecule has 0 saturated carbocycles. The maximum absolute atomic E-state index is 5.61. The maximum atomic E-state index is 5.61. The third-order valence-corrected chi connectivity index (χ3v) is 2.31. The molecule has 0 atom stereocenters. The van der Waals surface area contributed by atoms with Crippen LogP contribution in [-0.4, -0.2) is 46.1 Å². The van der Waals surface area contributed by atoms with Crippen molar-refractivity contribution in [3.63, 3.8) is 0 Å². The lowest BCUT2D eigenvalue weighted by Crippen LogP contribution is -2.28. The van der Waals surface area contributed by atoms with Gasteiger partial charge < -0.3 is 15.4 Å². The summed E-state index contributed by atoms with van der Waals surface area (Å²) in [6.07, 6.45) is 0. The molecule has 16 heavy (non-hydrogen) atoms. The number of nitrogen functional groups attached to an aromatic ring is 1. The molecule has 1 rings (SSSR count). The third kappa shape index (κ3) is 4.16. The summed E-state index contributed by atoms with van der Waals surface area (Å²) in [4.78, 5) is 13.5. The topological polar surface area (TPSA) is 77.2 Å². The number of nitrogens with two attached hydrogens (primary N) is 1. The standard InChI is InChI=1S/C9H16ClN5O/c1-3-15(4-2)5-6-16-9-13-7(10)12-8(11)14-9/h3-6H2,1-2H3,(H2,11,12,13,14). The van der Waals surface area contributed by atoms with Gasteiger partial charge >= 0.3 is 6.01 Å². The Hall–Kier alpha value is -1.14. The normalized spacial score (nSPS) is 10.8. The first kappa shape index (κ1) is 12.9. The number of anilines is 1.